The molecule has 0 saturated heterocycles. The fourth-order valence-electron chi connectivity index (χ4n) is 2.80. The molecule has 0 bridgehead atoms. The van der Waals surface area contributed by atoms with Crippen LogP contribution in [-0.4, -0.2) is 0 Å². The summed E-state index contributed by atoms with van der Waals surface area (Å²) in [6, 6.07) is 25.3. The van der Waals surface area contributed by atoms with E-state index in [1.54, 1.807) is 0 Å². The lowest BCUT2D eigenvalue weighted by atomic mass is 10.0. The second kappa shape index (κ2) is 15.0. The van der Waals surface area contributed by atoms with Crippen LogP contribution in [0, 0.1) is 13.8 Å². The molecule has 0 aliphatic heterocycles. The second-order valence-corrected chi connectivity index (χ2v) is 6.25. The Bertz CT molecular complexity index is 1010. The van der Waals surface area contributed by atoms with Crippen molar-refractivity contribution in [2.75, 3.05) is 0 Å². The Labute approximate surface area is 184 Å². The van der Waals surface area contributed by atoms with Crippen LogP contribution in [0.3, 0.4) is 0 Å². The number of benzene rings is 4. The topological polar surface area (TPSA) is 0 Å². The Morgan fingerprint density at radius 1 is 0.433 bits per heavy atom. The van der Waals surface area contributed by atoms with Gasteiger partial charge in [0.25, 0.3) is 0 Å². The largest absolute Gasteiger partial charge is 0.0912 e. The van der Waals surface area contributed by atoms with Crippen LogP contribution in [0.4, 0.5) is 0 Å². The monoisotopic (exact) mass is 400 g/mol. The van der Waals surface area contributed by atoms with Gasteiger partial charge in [0.05, 0.1) is 0 Å². The third kappa shape index (κ3) is 7.87. The van der Waals surface area contributed by atoms with Crippen molar-refractivity contribution in [2.45, 2.75) is 55.4 Å². The van der Waals surface area contributed by atoms with Crippen molar-refractivity contribution in [1.29, 1.82) is 0 Å². The molecule has 0 amide bonds. The lowest BCUT2D eigenvalue weighted by Gasteiger charge is -2.02. The molecule has 4 aromatic carbocycles. The van der Waals surface area contributed by atoms with E-state index in [2.05, 4.69) is 87.7 Å². The Kier molecular flexibility index (Phi) is 13.6. The lowest BCUT2D eigenvalue weighted by molar-refractivity contribution is 1.37. The predicted octanol–water partition coefficient (Wildman–Crippen LogP) is 8.20. The number of hydrogen-bond acceptors (Lipinski definition) is 0. The van der Waals surface area contributed by atoms with Crippen LogP contribution in [0.15, 0.2) is 72.8 Å². The van der Waals surface area contributed by atoms with Gasteiger partial charge in [0, 0.05) is 0 Å². The first-order chi connectivity index (χ1) is 14.5. The van der Waals surface area contributed by atoms with Crippen LogP contribution in [0.1, 0.15) is 52.7 Å². The minimum absolute atomic E-state index is 1.01. The van der Waals surface area contributed by atoms with Gasteiger partial charge >= 0.3 is 0 Å². The smallest absolute Gasteiger partial charge is 0.0178 e. The molecule has 0 radical (unpaired) electrons. The van der Waals surface area contributed by atoms with Gasteiger partial charge in [0.1, 0.15) is 0 Å². The maximum Gasteiger partial charge on any atom is -0.0178 e. The van der Waals surface area contributed by atoms with Gasteiger partial charge in [0.2, 0.25) is 0 Å². The molecule has 4 aromatic rings. The standard InChI is InChI=1S/C12H12.C12H10.3C2H6/c2*1-9-7-11-5-3-4-6-12(11)8-10(9)2;3*1-2/h3-8H,1-2H3;3-8H,1-2H2;3*1-2H3. The van der Waals surface area contributed by atoms with Gasteiger partial charge in [-0.2, -0.15) is 0 Å². The van der Waals surface area contributed by atoms with Crippen LogP contribution >= 0.6 is 0 Å². The first-order valence-electron chi connectivity index (χ1n) is 11.2. The Hall–Kier alpha value is -2.86. The summed E-state index contributed by atoms with van der Waals surface area (Å²) in [4.78, 5) is 0. The maximum atomic E-state index is 3.91. The highest BCUT2D eigenvalue weighted by Crippen LogP contribution is 2.18. The molecule has 0 fully saturated rings. The number of fused-ring (bicyclic) bond motifs is 2. The van der Waals surface area contributed by atoms with Crippen molar-refractivity contribution in [2.24, 2.45) is 0 Å². The minimum Gasteiger partial charge on any atom is -0.0912 e. The molecule has 0 saturated carbocycles. The van der Waals surface area contributed by atoms with Gasteiger partial charge in [-0.3, -0.25) is 0 Å². The van der Waals surface area contributed by atoms with Gasteiger partial charge in [-0.1, -0.05) is 115 Å². The summed E-state index contributed by atoms with van der Waals surface area (Å²) in [5, 5.41) is 7.15. The molecule has 0 atom stereocenters. The Morgan fingerprint density at radius 3 is 0.933 bits per heavy atom. The Morgan fingerprint density at radius 2 is 0.667 bits per heavy atom. The molecule has 0 spiro atoms. The second-order valence-electron chi connectivity index (χ2n) is 6.25. The lowest BCUT2D eigenvalue weighted by Crippen LogP contribution is -2.20. The zero-order valence-electron chi connectivity index (χ0n) is 20.3. The zero-order chi connectivity index (χ0) is 23.1. The van der Waals surface area contributed by atoms with Crippen molar-refractivity contribution in [3.05, 3.63) is 94.4 Å². The third-order valence-corrected chi connectivity index (χ3v) is 4.43. The summed E-state index contributed by atoms with van der Waals surface area (Å²) < 4.78 is 0. The van der Waals surface area contributed by atoms with E-state index >= 15 is 0 Å². The van der Waals surface area contributed by atoms with E-state index in [1.165, 1.54) is 32.7 Å². The summed E-state index contributed by atoms with van der Waals surface area (Å²) in [6.45, 7) is 24.1. The first-order valence-corrected chi connectivity index (χ1v) is 11.2. The van der Waals surface area contributed by atoms with Crippen molar-refractivity contribution in [1.82, 2.24) is 0 Å². The fraction of sp³-hybridized carbons (Fsp3) is 0.267. The van der Waals surface area contributed by atoms with Crippen molar-refractivity contribution >= 4 is 34.7 Å². The van der Waals surface area contributed by atoms with Crippen LogP contribution < -0.4 is 10.4 Å². The van der Waals surface area contributed by atoms with Crippen LogP contribution in [0.2, 0.25) is 0 Å². The molecule has 0 aromatic heterocycles. The average molecular weight is 401 g/mol. The van der Waals surface area contributed by atoms with E-state index in [0.29, 0.717) is 0 Å². The highest BCUT2D eigenvalue weighted by atomic mass is 14.0. The number of rotatable bonds is 0. The molecule has 0 aliphatic rings. The Balaban J connectivity index is 0.000000450. The van der Waals surface area contributed by atoms with Crippen molar-refractivity contribution in [3.8, 4) is 0 Å². The first kappa shape index (κ1) is 27.1. The predicted molar refractivity (Wildman–Crippen MR) is 142 cm³/mol. The van der Waals surface area contributed by atoms with Gasteiger partial charge in [0.15, 0.2) is 0 Å². The van der Waals surface area contributed by atoms with Gasteiger partial charge in [-0.25, -0.2) is 0 Å². The van der Waals surface area contributed by atoms with E-state index in [4.69, 9.17) is 0 Å². The van der Waals surface area contributed by atoms with E-state index in [9.17, 15) is 0 Å². The summed E-state index contributed by atoms with van der Waals surface area (Å²) in [5.41, 5.74) is 2.74. The number of hydrogen-bond donors (Lipinski definition) is 0. The van der Waals surface area contributed by atoms with Crippen molar-refractivity contribution in [3.63, 3.8) is 0 Å². The molecule has 0 heteroatoms. The summed E-state index contributed by atoms with van der Waals surface area (Å²) >= 11 is 0. The molecule has 4 rings (SSSR count). The van der Waals surface area contributed by atoms with Crippen LogP contribution in [0.25, 0.3) is 34.7 Å². The zero-order valence-corrected chi connectivity index (χ0v) is 20.3. The molecule has 0 nitrogen and oxygen atoms in total. The third-order valence-electron chi connectivity index (χ3n) is 4.43. The van der Waals surface area contributed by atoms with E-state index < -0.39 is 0 Å². The average Bonchev–Trinajstić information content (AvgIpc) is 2.80. The SMILES string of the molecule is C=c1cc2ccccc2cc1=C.CC.CC.CC.Cc1cc2ccccc2cc1C. The van der Waals surface area contributed by atoms with Crippen LogP contribution in [-0.2, 0) is 0 Å². The molecule has 0 heterocycles. The van der Waals surface area contributed by atoms with Gasteiger partial charge in [-0.15, -0.1) is 0 Å². The minimum atomic E-state index is 1.01. The maximum absolute atomic E-state index is 3.91. The highest BCUT2D eigenvalue weighted by Gasteiger charge is 1.95. The van der Waals surface area contributed by atoms with Gasteiger partial charge in [-0.05, 0) is 69.1 Å². The summed E-state index contributed by atoms with van der Waals surface area (Å²) in [7, 11) is 0. The van der Waals surface area contributed by atoms with Crippen LogP contribution in [0.5, 0.6) is 0 Å². The molecule has 160 valence electrons. The molecular weight excluding hydrogens is 360 g/mol. The fourth-order valence-corrected chi connectivity index (χ4v) is 2.80. The number of aryl methyl sites for hydroxylation is 2. The van der Waals surface area contributed by atoms with Gasteiger partial charge < -0.3 is 0 Å². The highest BCUT2D eigenvalue weighted by molar-refractivity contribution is 5.84. The molecule has 0 unspecified atom stereocenters. The van der Waals surface area contributed by atoms with Crippen molar-refractivity contribution < 1.29 is 0 Å². The van der Waals surface area contributed by atoms with E-state index in [-0.39, 0.29) is 0 Å². The molecular formula is C30H40. The normalized spacial score (nSPS) is 8.93. The summed E-state index contributed by atoms with van der Waals surface area (Å²) in [5.74, 6) is 0. The molecule has 30 heavy (non-hydrogen) atoms. The molecule has 0 aliphatic carbocycles. The molecule has 0 N–H and O–H groups in total. The van der Waals surface area contributed by atoms with E-state index in [1.807, 2.05) is 53.7 Å². The quantitative estimate of drug-likeness (QED) is 0.279. The summed E-state index contributed by atoms with van der Waals surface area (Å²) in [6.07, 6.45) is 0. The van der Waals surface area contributed by atoms with E-state index in [0.717, 1.165) is 10.4 Å².